The van der Waals surface area contributed by atoms with Gasteiger partial charge in [0.05, 0.1) is 0 Å². The van der Waals surface area contributed by atoms with Crippen LogP contribution < -0.4 is 0 Å². The molecule has 16 heavy (non-hydrogen) atoms. The van der Waals surface area contributed by atoms with Gasteiger partial charge in [0.15, 0.2) is 0 Å². The first kappa shape index (κ1) is 12.4. The van der Waals surface area contributed by atoms with Gasteiger partial charge in [0, 0.05) is 9.85 Å². The van der Waals surface area contributed by atoms with Crippen LogP contribution in [0.1, 0.15) is 46.8 Å². The zero-order chi connectivity index (χ0) is 11.9. The number of benzene rings is 1. The molecule has 0 spiro atoms. The molecule has 2 rings (SSSR count). The molecule has 0 aromatic heterocycles. The largest absolute Gasteiger partial charge is 0.0840 e. The average molecular weight is 302 g/mol. The predicted molar refractivity (Wildman–Crippen MR) is 74.7 cm³/mol. The van der Waals surface area contributed by atoms with Crippen LogP contribution in [0.4, 0.5) is 0 Å². The van der Waals surface area contributed by atoms with Crippen LogP contribution in [0.15, 0.2) is 6.07 Å². The molecule has 88 valence electrons. The van der Waals surface area contributed by atoms with Gasteiger partial charge in [-0.3, -0.25) is 0 Å². The standard InChI is InChI=1S/C14H18BrCl/c1-8-4-5-11-9(2)7-13(16)10(3)14(11)12(15)6-8/h7-8,12H,4-6H2,1-3H3. The lowest BCUT2D eigenvalue weighted by molar-refractivity contribution is 0.508. The fraction of sp³-hybridized carbons (Fsp3) is 0.571. The average Bonchev–Trinajstić information content (AvgIpc) is 2.34. The number of halogens is 2. The summed E-state index contributed by atoms with van der Waals surface area (Å²) in [5.41, 5.74) is 5.59. The fourth-order valence-electron chi connectivity index (χ4n) is 2.69. The molecule has 0 amide bonds. The summed E-state index contributed by atoms with van der Waals surface area (Å²) in [7, 11) is 0. The maximum absolute atomic E-state index is 6.29. The third-order valence-corrected chi connectivity index (χ3v) is 4.94. The minimum Gasteiger partial charge on any atom is -0.0840 e. The molecule has 0 N–H and O–H groups in total. The first-order valence-electron chi connectivity index (χ1n) is 5.93. The fourth-order valence-corrected chi connectivity index (χ4v) is 4.21. The Labute approximate surface area is 112 Å². The Bertz CT molecular complexity index is 412. The van der Waals surface area contributed by atoms with Gasteiger partial charge >= 0.3 is 0 Å². The van der Waals surface area contributed by atoms with Crippen molar-refractivity contribution < 1.29 is 0 Å². The van der Waals surface area contributed by atoms with Crippen molar-refractivity contribution >= 4 is 27.5 Å². The Morgan fingerprint density at radius 3 is 2.75 bits per heavy atom. The molecule has 1 aromatic carbocycles. The van der Waals surface area contributed by atoms with Gasteiger partial charge in [0.2, 0.25) is 0 Å². The van der Waals surface area contributed by atoms with Crippen molar-refractivity contribution in [3.8, 4) is 0 Å². The van der Waals surface area contributed by atoms with E-state index in [9.17, 15) is 0 Å². The molecule has 0 aliphatic heterocycles. The lowest BCUT2D eigenvalue weighted by Crippen LogP contribution is -2.01. The molecular formula is C14H18BrCl. The summed E-state index contributed by atoms with van der Waals surface area (Å²) in [5.74, 6) is 0.786. The van der Waals surface area contributed by atoms with Gasteiger partial charge < -0.3 is 0 Å². The van der Waals surface area contributed by atoms with Gasteiger partial charge in [-0.25, -0.2) is 0 Å². The van der Waals surface area contributed by atoms with E-state index in [1.165, 1.54) is 41.5 Å². The molecule has 0 saturated carbocycles. The predicted octanol–water partition coefficient (Wildman–Crippen LogP) is 5.37. The minimum absolute atomic E-state index is 0.470. The van der Waals surface area contributed by atoms with Crippen molar-refractivity contribution in [1.82, 2.24) is 0 Å². The smallest absolute Gasteiger partial charge is 0.0441 e. The molecular weight excluding hydrogens is 284 g/mol. The molecule has 0 nitrogen and oxygen atoms in total. The van der Waals surface area contributed by atoms with Crippen LogP contribution in [0.25, 0.3) is 0 Å². The van der Waals surface area contributed by atoms with Crippen LogP contribution in [-0.4, -0.2) is 0 Å². The summed E-state index contributed by atoms with van der Waals surface area (Å²) in [6.07, 6.45) is 3.70. The van der Waals surface area contributed by atoms with E-state index in [-0.39, 0.29) is 0 Å². The van der Waals surface area contributed by atoms with Gasteiger partial charge in [-0.2, -0.15) is 0 Å². The molecule has 0 fully saturated rings. The van der Waals surface area contributed by atoms with Crippen LogP contribution >= 0.6 is 27.5 Å². The summed E-state index contributed by atoms with van der Waals surface area (Å²) < 4.78 is 0. The number of alkyl halides is 1. The highest BCUT2D eigenvalue weighted by Gasteiger charge is 2.24. The highest BCUT2D eigenvalue weighted by molar-refractivity contribution is 9.09. The Hall–Kier alpha value is -0.0100. The maximum Gasteiger partial charge on any atom is 0.0441 e. The normalized spacial score (nSPS) is 25.1. The monoisotopic (exact) mass is 300 g/mol. The molecule has 0 radical (unpaired) electrons. The van der Waals surface area contributed by atoms with Crippen molar-refractivity contribution in [3.63, 3.8) is 0 Å². The number of hydrogen-bond donors (Lipinski definition) is 0. The van der Waals surface area contributed by atoms with Crippen LogP contribution in [0.5, 0.6) is 0 Å². The zero-order valence-electron chi connectivity index (χ0n) is 10.1. The Balaban J connectivity index is 2.59. The van der Waals surface area contributed by atoms with Crippen molar-refractivity contribution in [2.75, 3.05) is 0 Å². The maximum atomic E-state index is 6.29. The van der Waals surface area contributed by atoms with Crippen molar-refractivity contribution in [2.24, 2.45) is 5.92 Å². The van der Waals surface area contributed by atoms with E-state index < -0.39 is 0 Å². The van der Waals surface area contributed by atoms with E-state index in [4.69, 9.17) is 11.6 Å². The van der Waals surface area contributed by atoms with Gasteiger partial charge in [-0.1, -0.05) is 34.5 Å². The van der Waals surface area contributed by atoms with Gasteiger partial charge in [-0.05, 0) is 67.3 Å². The topological polar surface area (TPSA) is 0 Å². The van der Waals surface area contributed by atoms with E-state index >= 15 is 0 Å². The van der Waals surface area contributed by atoms with E-state index in [0.29, 0.717) is 4.83 Å². The minimum atomic E-state index is 0.470. The van der Waals surface area contributed by atoms with Crippen molar-refractivity contribution in [2.45, 2.75) is 44.9 Å². The first-order valence-corrected chi connectivity index (χ1v) is 7.22. The summed E-state index contributed by atoms with van der Waals surface area (Å²) >= 11 is 10.1. The van der Waals surface area contributed by atoms with Gasteiger partial charge in [0.25, 0.3) is 0 Å². The Morgan fingerprint density at radius 1 is 1.38 bits per heavy atom. The second-order valence-electron chi connectivity index (χ2n) is 5.04. The van der Waals surface area contributed by atoms with Crippen molar-refractivity contribution in [1.29, 1.82) is 0 Å². The van der Waals surface area contributed by atoms with Crippen molar-refractivity contribution in [3.05, 3.63) is 33.3 Å². The quantitative estimate of drug-likeness (QED) is 0.447. The molecule has 2 atom stereocenters. The highest BCUT2D eigenvalue weighted by atomic mass is 79.9. The molecule has 1 aliphatic carbocycles. The number of aryl methyl sites for hydroxylation is 1. The zero-order valence-corrected chi connectivity index (χ0v) is 12.5. The van der Waals surface area contributed by atoms with E-state index in [1.807, 2.05) is 0 Å². The summed E-state index contributed by atoms with van der Waals surface area (Å²) in [6, 6.07) is 2.12. The number of hydrogen-bond acceptors (Lipinski definition) is 0. The van der Waals surface area contributed by atoms with Crippen LogP contribution in [-0.2, 0) is 6.42 Å². The Morgan fingerprint density at radius 2 is 2.06 bits per heavy atom. The first-order chi connectivity index (χ1) is 7.50. The van der Waals surface area contributed by atoms with E-state index in [0.717, 1.165) is 10.9 Å². The SMILES string of the molecule is Cc1cc(Cl)c(C)c2c1CCC(C)CC2Br. The summed E-state index contributed by atoms with van der Waals surface area (Å²) in [5, 5.41) is 0.912. The van der Waals surface area contributed by atoms with E-state index in [2.05, 4.69) is 42.8 Å². The number of fused-ring (bicyclic) bond motifs is 1. The highest BCUT2D eigenvalue weighted by Crippen LogP contribution is 2.42. The third kappa shape index (κ3) is 2.17. The van der Waals surface area contributed by atoms with Crippen LogP contribution in [0.3, 0.4) is 0 Å². The third-order valence-electron chi connectivity index (χ3n) is 3.72. The molecule has 1 aromatic rings. The molecule has 0 heterocycles. The second-order valence-corrected chi connectivity index (χ2v) is 6.55. The second kappa shape index (κ2) is 4.70. The Kier molecular flexibility index (Phi) is 3.65. The lowest BCUT2D eigenvalue weighted by atomic mass is 9.94. The molecule has 1 aliphatic rings. The number of rotatable bonds is 0. The molecule has 0 bridgehead atoms. The van der Waals surface area contributed by atoms with Gasteiger partial charge in [0.1, 0.15) is 0 Å². The van der Waals surface area contributed by atoms with Crippen LogP contribution in [0, 0.1) is 19.8 Å². The molecule has 2 heteroatoms. The molecule has 0 saturated heterocycles. The van der Waals surface area contributed by atoms with Gasteiger partial charge in [-0.15, -0.1) is 0 Å². The van der Waals surface area contributed by atoms with Crippen LogP contribution in [0.2, 0.25) is 5.02 Å². The lowest BCUT2D eigenvalue weighted by Gasteiger charge is -2.18. The molecule has 2 unspecified atom stereocenters. The summed E-state index contributed by atoms with van der Waals surface area (Å²) in [4.78, 5) is 0.470. The van der Waals surface area contributed by atoms with E-state index in [1.54, 1.807) is 0 Å². The summed E-state index contributed by atoms with van der Waals surface area (Å²) in [6.45, 7) is 6.66.